The zero-order valence-electron chi connectivity index (χ0n) is 22.0. The summed E-state index contributed by atoms with van der Waals surface area (Å²) in [6.07, 6.45) is 3.69. The van der Waals surface area contributed by atoms with Crippen molar-refractivity contribution in [1.82, 2.24) is 4.90 Å². The number of aryl methyl sites for hydroxylation is 1. The van der Waals surface area contributed by atoms with Crippen LogP contribution < -0.4 is 4.90 Å². The molecule has 0 saturated carbocycles. The Hall–Kier alpha value is -3.74. The summed E-state index contributed by atoms with van der Waals surface area (Å²) in [5.74, 6) is -0.0570. The topological polar surface area (TPSA) is 46.9 Å². The predicted molar refractivity (Wildman–Crippen MR) is 159 cm³/mol. The Balaban J connectivity index is 1.42. The van der Waals surface area contributed by atoms with E-state index in [1.807, 2.05) is 49.5 Å². The normalized spacial score (nSPS) is 17.2. The average molecular weight is 541 g/mol. The van der Waals surface area contributed by atoms with Crippen molar-refractivity contribution in [2.24, 2.45) is 0 Å². The molecule has 0 radical (unpaired) electrons. The molecule has 1 aliphatic heterocycles. The molecule has 1 aliphatic rings. The number of thiocarbonyl (C=S) groups is 1. The van der Waals surface area contributed by atoms with Gasteiger partial charge in [0.1, 0.15) is 11.6 Å². The van der Waals surface area contributed by atoms with Crippen LogP contribution in [0.1, 0.15) is 42.0 Å². The molecule has 1 fully saturated rings. The van der Waals surface area contributed by atoms with Crippen molar-refractivity contribution in [3.63, 3.8) is 0 Å². The molecule has 0 bridgehead atoms. The number of phenolic OH excluding ortho intramolecular Hbond substituents is 1. The molecule has 0 aliphatic carbocycles. The zero-order chi connectivity index (χ0) is 27.4. The minimum atomic E-state index is -0.216. The number of aliphatic hydroxyl groups is 1. The maximum Gasteiger partial charge on any atom is 0.176 e. The maximum absolute atomic E-state index is 13.3. The molecule has 200 valence electrons. The number of hydrogen-bond acceptors (Lipinski definition) is 3. The number of rotatable bonds is 9. The van der Waals surface area contributed by atoms with Crippen LogP contribution in [0.25, 0.3) is 11.1 Å². The van der Waals surface area contributed by atoms with Crippen molar-refractivity contribution < 1.29 is 14.6 Å². The number of aliphatic hydroxyl groups excluding tert-OH is 1. The first-order valence-electron chi connectivity index (χ1n) is 13.3. The van der Waals surface area contributed by atoms with Crippen molar-refractivity contribution in [3.8, 4) is 16.9 Å². The van der Waals surface area contributed by atoms with Gasteiger partial charge in [-0.1, -0.05) is 73.2 Å². The zero-order valence-corrected chi connectivity index (χ0v) is 22.8. The molecule has 5 rings (SSSR count). The Bertz CT molecular complexity index is 1410. The molecule has 6 heteroatoms. The van der Waals surface area contributed by atoms with Gasteiger partial charge in [0.25, 0.3) is 0 Å². The highest BCUT2D eigenvalue weighted by Gasteiger charge is 2.43. The summed E-state index contributed by atoms with van der Waals surface area (Å²) >= 11 is 5.98. The fraction of sp³-hybridized carbons (Fsp3) is 0.242. The summed E-state index contributed by atoms with van der Waals surface area (Å²) in [5, 5.41) is 21.3. The summed E-state index contributed by atoms with van der Waals surface area (Å²) < 4.78 is 13.3. The molecular formula is C33H33FN2O2S. The van der Waals surface area contributed by atoms with Crippen LogP contribution in [-0.2, 0) is 13.0 Å². The molecule has 39 heavy (non-hydrogen) atoms. The van der Waals surface area contributed by atoms with Crippen molar-refractivity contribution in [3.05, 3.63) is 120 Å². The van der Waals surface area contributed by atoms with Crippen LogP contribution in [0, 0.1) is 5.82 Å². The van der Waals surface area contributed by atoms with Gasteiger partial charge >= 0.3 is 0 Å². The third-order valence-corrected chi connectivity index (χ3v) is 8.11. The predicted octanol–water partition coefficient (Wildman–Crippen LogP) is 7.25. The van der Waals surface area contributed by atoms with Crippen LogP contribution >= 0.6 is 12.2 Å². The Labute approximate surface area is 235 Å². The molecule has 0 spiro atoms. The van der Waals surface area contributed by atoms with Gasteiger partial charge < -0.3 is 20.0 Å². The summed E-state index contributed by atoms with van der Waals surface area (Å²) in [4.78, 5) is 4.28. The lowest BCUT2D eigenvalue weighted by Crippen LogP contribution is -2.30. The molecule has 0 aromatic heterocycles. The highest BCUT2D eigenvalue weighted by atomic mass is 32.1. The highest BCUT2D eigenvalue weighted by Crippen LogP contribution is 2.44. The van der Waals surface area contributed by atoms with E-state index < -0.39 is 0 Å². The fourth-order valence-electron chi connectivity index (χ4n) is 5.50. The van der Waals surface area contributed by atoms with Gasteiger partial charge in [0.05, 0.1) is 18.7 Å². The first kappa shape index (κ1) is 26.9. The number of aromatic hydroxyl groups is 1. The van der Waals surface area contributed by atoms with E-state index in [4.69, 9.17) is 12.2 Å². The summed E-state index contributed by atoms with van der Waals surface area (Å²) in [6, 6.07) is 30.6. The van der Waals surface area contributed by atoms with Crippen LogP contribution in [0.2, 0.25) is 0 Å². The van der Waals surface area contributed by atoms with Gasteiger partial charge in [0, 0.05) is 18.3 Å². The number of unbranched alkanes of at least 4 members (excludes halogenated alkanes) is 1. The van der Waals surface area contributed by atoms with E-state index in [-0.39, 0.29) is 30.3 Å². The van der Waals surface area contributed by atoms with Crippen LogP contribution in [0.4, 0.5) is 10.1 Å². The van der Waals surface area contributed by atoms with E-state index in [1.165, 1.54) is 12.1 Å². The fourth-order valence-corrected chi connectivity index (χ4v) is 5.85. The van der Waals surface area contributed by atoms with Gasteiger partial charge in [-0.3, -0.25) is 0 Å². The van der Waals surface area contributed by atoms with Gasteiger partial charge in [0.15, 0.2) is 5.11 Å². The minimum Gasteiger partial charge on any atom is -0.508 e. The molecule has 2 N–H and O–H groups in total. The summed E-state index contributed by atoms with van der Waals surface area (Å²) in [5.41, 5.74) is 5.82. The SMILES string of the molecule is CN1C(=S)N(c2ccc(-c3ccccc3)cc2)[C@H](c2ccc(CO)cc2O)[C@H]1CCCCc1ccc(F)cc1. The monoisotopic (exact) mass is 540 g/mol. The third-order valence-electron chi connectivity index (χ3n) is 7.63. The Kier molecular flexibility index (Phi) is 8.24. The molecular weight excluding hydrogens is 507 g/mol. The minimum absolute atomic E-state index is 0.0467. The van der Waals surface area contributed by atoms with Gasteiger partial charge in [0.2, 0.25) is 0 Å². The highest BCUT2D eigenvalue weighted by molar-refractivity contribution is 7.80. The van der Waals surface area contributed by atoms with E-state index in [2.05, 4.69) is 46.2 Å². The third kappa shape index (κ3) is 5.82. The molecule has 0 unspecified atom stereocenters. The molecule has 4 aromatic rings. The Morgan fingerprint density at radius 2 is 1.49 bits per heavy atom. The lowest BCUT2D eigenvalue weighted by molar-refractivity contribution is 0.281. The van der Waals surface area contributed by atoms with Gasteiger partial charge in [-0.2, -0.15) is 0 Å². The number of phenols is 1. The van der Waals surface area contributed by atoms with Crippen molar-refractivity contribution in [2.45, 2.75) is 44.4 Å². The maximum atomic E-state index is 13.3. The quantitative estimate of drug-likeness (QED) is 0.173. The first-order valence-corrected chi connectivity index (χ1v) is 13.8. The standard InChI is InChI=1S/C33H33FN2O2S/c1-35-30(10-6-5-7-23-11-16-27(34)17-12-23)32(29-20-13-24(22-37)21-31(29)38)36(33(35)39)28-18-14-26(15-19-28)25-8-3-2-4-9-25/h2-4,8-9,11-21,30,32,37-38H,5-7,10,22H2,1H3/t30-,32-/m1/s1. The van der Waals surface area contributed by atoms with E-state index in [1.54, 1.807) is 6.07 Å². The Morgan fingerprint density at radius 1 is 0.821 bits per heavy atom. The van der Waals surface area contributed by atoms with Crippen molar-refractivity contribution >= 4 is 23.0 Å². The van der Waals surface area contributed by atoms with E-state index in [9.17, 15) is 14.6 Å². The number of hydrogen-bond donors (Lipinski definition) is 2. The molecule has 2 atom stereocenters. The number of likely N-dealkylation sites (N-methyl/N-ethyl adjacent to an activating group) is 1. The van der Waals surface area contributed by atoms with Crippen LogP contribution in [0.3, 0.4) is 0 Å². The second kappa shape index (κ2) is 12.0. The lowest BCUT2D eigenvalue weighted by Gasteiger charge is -2.29. The number of benzene rings is 4. The molecule has 4 nitrogen and oxygen atoms in total. The van der Waals surface area contributed by atoms with Crippen LogP contribution in [0.5, 0.6) is 5.75 Å². The molecule has 4 aromatic carbocycles. The van der Waals surface area contributed by atoms with Crippen molar-refractivity contribution in [1.29, 1.82) is 0 Å². The van der Waals surface area contributed by atoms with Gasteiger partial charge in [-0.15, -0.1) is 0 Å². The smallest absolute Gasteiger partial charge is 0.176 e. The molecule has 0 amide bonds. The van der Waals surface area contributed by atoms with E-state index >= 15 is 0 Å². The van der Waals surface area contributed by atoms with Crippen LogP contribution in [-0.4, -0.2) is 33.3 Å². The number of halogens is 1. The van der Waals surface area contributed by atoms with Gasteiger partial charge in [-0.05, 0) is 84.1 Å². The number of nitrogens with zero attached hydrogens (tertiary/aromatic N) is 2. The molecule has 1 saturated heterocycles. The largest absolute Gasteiger partial charge is 0.508 e. The average Bonchev–Trinajstić information content (AvgIpc) is 3.21. The first-order chi connectivity index (χ1) is 19.0. The second-order valence-corrected chi connectivity index (χ2v) is 10.5. The lowest BCUT2D eigenvalue weighted by atomic mass is 9.92. The summed E-state index contributed by atoms with van der Waals surface area (Å²) in [7, 11) is 2.03. The van der Waals surface area contributed by atoms with E-state index in [0.29, 0.717) is 10.7 Å². The van der Waals surface area contributed by atoms with Crippen molar-refractivity contribution in [2.75, 3.05) is 11.9 Å². The summed E-state index contributed by atoms with van der Waals surface area (Å²) in [6.45, 7) is -0.131. The number of anilines is 1. The second-order valence-electron chi connectivity index (χ2n) is 10.1. The van der Waals surface area contributed by atoms with Crippen LogP contribution in [0.15, 0.2) is 97.1 Å². The Morgan fingerprint density at radius 3 is 2.15 bits per heavy atom. The van der Waals surface area contributed by atoms with Gasteiger partial charge in [-0.25, -0.2) is 4.39 Å². The molecule has 1 heterocycles. The van der Waals surface area contributed by atoms with E-state index in [0.717, 1.165) is 53.6 Å².